The van der Waals surface area contributed by atoms with Crippen molar-refractivity contribution in [3.05, 3.63) is 59.2 Å². The molecule has 0 unspecified atom stereocenters. The molecule has 0 aromatic heterocycles. The summed E-state index contributed by atoms with van der Waals surface area (Å²) >= 11 is 0. The number of nitrogens with two attached hydrogens (primary N) is 1. The van der Waals surface area contributed by atoms with Gasteiger partial charge in [0.25, 0.3) is 5.91 Å². The van der Waals surface area contributed by atoms with E-state index in [0.717, 1.165) is 42.0 Å². The van der Waals surface area contributed by atoms with Crippen molar-refractivity contribution in [2.75, 3.05) is 23.3 Å². The first-order valence-electron chi connectivity index (χ1n) is 7.65. The van der Waals surface area contributed by atoms with Gasteiger partial charge < -0.3 is 16.0 Å². The third-order valence-corrected chi connectivity index (χ3v) is 4.12. The number of carbonyl (C=O) groups is 1. The minimum atomic E-state index is 0.0443. The van der Waals surface area contributed by atoms with Crippen LogP contribution in [0.2, 0.25) is 0 Å². The van der Waals surface area contributed by atoms with Crippen LogP contribution in [-0.4, -0.2) is 19.0 Å². The van der Waals surface area contributed by atoms with Crippen molar-refractivity contribution >= 4 is 17.3 Å². The first-order valence-corrected chi connectivity index (χ1v) is 7.65. The van der Waals surface area contributed by atoms with Crippen molar-refractivity contribution in [1.29, 1.82) is 0 Å². The highest BCUT2D eigenvalue weighted by molar-refractivity contribution is 6.08. The molecule has 0 spiro atoms. The summed E-state index contributed by atoms with van der Waals surface area (Å²) in [5.41, 5.74) is 10.5. The smallest absolute Gasteiger partial charge is 0.258 e. The van der Waals surface area contributed by atoms with Crippen LogP contribution in [0.4, 0.5) is 11.4 Å². The van der Waals surface area contributed by atoms with Crippen LogP contribution in [0.3, 0.4) is 0 Å². The van der Waals surface area contributed by atoms with Gasteiger partial charge in [-0.2, -0.15) is 0 Å². The number of nitrogens with one attached hydrogen (secondary N) is 1. The maximum atomic E-state index is 12.9. The van der Waals surface area contributed by atoms with Crippen LogP contribution in [0.25, 0.3) is 0 Å². The molecule has 1 heterocycles. The van der Waals surface area contributed by atoms with Gasteiger partial charge in [0, 0.05) is 25.2 Å². The molecule has 0 aliphatic carbocycles. The molecule has 1 aliphatic heterocycles. The van der Waals surface area contributed by atoms with E-state index in [-0.39, 0.29) is 5.91 Å². The number of anilines is 2. The molecule has 0 fully saturated rings. The summed E-state index contributed by atoms with van der Waals surface area (Å²) in [6, 6.07) is 13.7. The molecular formula is C18H21N3O. The van der Waals surface area contributed by atoms with Gasteiger partial charge in [-0.1, -0.05) is 18.2 Å². The normalized spacial score (nSPS) is 14.0. The van der Waals surface area contributed by atoms with Crippen LogP contribution in [-0.2, 0) is 6.54 Å². The van der Waals surface area contributed by atoms with Gasteiger partial charge in [0.05, 0.1) is 11.4 Å². The van der Waals surface area contributed by atoms with Crippen LogP contribution in [0.5, 0.6) is 0 Å². The number of amides is 1. The van der Waals surface area contributed by atoms with Gasteiger partial charge in [-0.3, -0.25) is 4.79 Å². The number of nitrogens with zero attached hydrogens (tertiary/aromatic N) is 1. The fourth-order valence-corrected chi connectivity index (χ4v) is 2.86. The third kappa shape index (κ3) is 2.70. The minimum absolute atomic E-state index is 0.0443. The summed E-state index contributed by atoms with van der Waals surface area (Å²) in [6.07, 6.45) is 0.931. The summed E-state index contributed by atoms with van der Waals surface area (Å²) in [4.78, 5) is 14.8. The van der Waals surface area contributed by atoms with Crippen LogP contribution in [0, 0.1) is 6.92 Å². The topological polar surface area (TPSA) is 58.4 Å². The van der Waals surface area contributed by atoms with Gasteiger partial charge >= 0.3 is 0 Å². The van der Waals surface area contributed by atoms with Crippen molar-refractivity contribution in [1.82, 2.24) is 0 Å². The Morgan fingerprint density at radius 1 is 1.27 bits per heavy atom. The van der Waals surface area contributed by atoms with E-state index < -0.39 is 0 Å². The van der Waals surface area contributed by atoms with E-state index in [9.17, 15) is 4.79 Å². The SMILES string of the molecule is Cc1cc(C(=O)N2CCCNc3ccccc32)ccc1CN. The van der Waals surface area contributed by atoms with Crippen molar-refractivity contribution < 1.29 is 4.79 Å². The lowest BCUT2D eigenvalue weighted by Gasteiger charge is -2.23. The second-order valence-corrected chi connectivity index (χ2v) is 5.60. The molecule has 0 saturated carbocycles. The van der Waals surface area contributed by atoms with Gasteiger partial charge in [-0.15, -0.1) is 0 Å². The lowest BCUT2D eigenvalue weighted by atomic mass is 10.0. The highest BCUT2D eigenvalue weighted by Crippen LogP contribution is 2.29. The zero-order valence-electron chi connectivity index (χ0n) is 12.8. The lowest BCUT2D eigenvalue weighted by Crippen LogP contribution is -2.31. The van der Waals surface area contributed by atoms with E-state index >= 15 is 0 Å². The number of para-hydroxylation sites is 2. The molecule has 4 nitrogen and oxygen atoms in total. The number of rotatable bonds is 2. The Morgan fingerprint density at radius 3 is 2.86 bits per heavy atom. The predicted octanol–water partition coefficient (Wildman–Crippen LogP) is 2.92. The van der Waals surface area contributed by atoms with Crippen molar-refractivity contribution in [2.45, 2.75) is 19.9 Å². The van der Waals surface area contributed by atoms with Crippen LogP contribution >= 0.6 is 0 Å². The second-order valence-electron chi connectivity index (χ2n) is 5.60. The van der Waals surface area contributed by atoms with E-state index in [2.05, 4.69) is 5.32 Å². The van der Waals surface area contributed by atoms with Crippen molar-refractivity contribution in [2.24, 2.45) is 5.73 Å². The number of hydrogen-bond donors (Lipinski definition) is 2. The van der Waals surface area contributed by atoms with E-state index in [0.29, 0.717) is 12.1 Å². The highest BCUT2D eigenvalue weighted by atomic mass is 16.2. The molecule has 22 heavy (non-hydrogen) atoms. The molecular weight excluding hydrogens is 274 g/mol. The highest BCUT2D eigenvalue weighted by Gasteiger charge is 2.22. The molecule has 2 aromatic rings. The molecule has 0 saturated heterocycles. The van der Waals surface area contributed by atoms with Crippen LogP contribution in [0.1, 0.15) is 27.9 Å². The Morgan fingerprint density at radius 2 is 2.09 bits per heavy atom. The Bertz CT molecular complexity index is 696. The van der Waals surface area contributed by atoms with Crippen LogP contribution < -0.4 is 16.0 Å². The van der Waals surface area contributed by atoms with E-state index in [1.807, 2.05) is 54.3 Å². The van der Waals surface area contributed by atoms with Gasteiger partial charge in [0.1, 0.15) is 0 Å². The Hall–Kier alpha value is -2.33. The number of hydrogen-bond acceptors (Lipinski definition) is 3. The zero-order chi connectivity index (χ0) is 15.5. The van der Waals surface area contributed by atoms with Gasteiger partial charge in [-0.05, 0) is 48.7 Å². The minimum Gasteiger partial charge on any atom is -0.383 e. The molecule has 4 heteroatoms. The first kappa shape index (κ1) is 14.6. The second kappa shape index (κ2) is 6.20. The average Bonchev–Trinajstić information content (AvgIpc) is 2.76. The summed E-state index contributed by atoms with van der Waals surface area (Å²) in [5, 5.41) is 3.38. The van der Waals surface area contributed by atoms with Crippen molar-refractivity contribution in [3.63, 3.8) is 0 Å². The Balaban J connectivity index is 1.96. The van der Waals surface area contributed by atoms with E-state index in [4.69, 9.17) is 5.73 Å². The molecule has 3 N–H and O–H groups in total. The first-order chi connectivity index (χ1) is 10.7. The molecule has 1 aliphatic rings. The quantitative estimate of drug-likeness (QED) is 0.895. The summed E-state index contributed by atoms with van der Waals surface area (Å²) in [7, 11) is 0. The summed E-state index contributed by atoms with van der Waals surface area (Å²) in [6.45, 7) is 4.10. The standard InChI is InChI=1S/C18H21N3O/c1-13-11-14(7-8-15(13)12-19)18(22)21-10-4-9-20-16-5-2-3-6-17(16)21/h2-3,5-8,11,20H,4,9-10,12,19H2,1H3. The van der Waals surface area contributed by atoms with Gasteiger partial charge in [0.2, 0.25) is 0 Å². The van der Waals surface area contributed by atoms with E-state index in [1.165, 1.54) is 0 Å². The van der Waals surface area contributed by atoms with Gasteiger partial charge in [-0.25, -0.2) is 0 Å². The van der Waals surface area contributed by atoms with Crippen LogP contribution in [0.15, 0.2) is 42.5 Å². The maximum absolute atomic E-state index is 12.9. The van der Waals surface area contributed by atoms with E-state index in [1.54, 1.807) is 0 Å². The molecule has 0 atom stereocenters. The number of benzene rings is 2. The molecule has 0 radical (unpaired) electrons. The summed E-state index contributed by atoms with van der Waals surface area (Å²) in [5.74, 6) is 0.0443. The predicted molar refractivity (Wildman–Crippen MR) is 90.3 cm³/mol. The fraction of sp³-hybridized carbons (Fsp3) is 0.278. The third-order valence-electron chi connectivity index (χ3n) is 4.12. The molecule has 3 rings (SSSR count). The maximum Gasteiger partial charge on any atom is 0.258 e. The molecule has 114 valence electrons. The number of fused-ring (bicyclic) bond motifs is 1. The average molecular weight is 295 g/mol. The molecule has 2 aromatic carbocycles. The number of carbonyl (C=O) groups excluding carboxylic acids is 1. The zero-order valence-corrected chi connectivity index (χ0v) is 12.8. The Labute approximate surface area is 130 Å². The lowest BCUT2D eigenvalue weighted by molar-refractivity contribution is 0.0987. The number of aryl methyl sites for hydroxylation is 1. The summed E-state index contributed by atoms with van der Waals surface area (Å²) < 4.78 is 0. The monoisotopic (exact) mass is 295 g/mol. The largest absolute Gasteiger partial charge is 0.383 e. The molecule has 1 amide bonds. The van der Waals surface area contributed by atoms with Crippen molar-refractivity contribution in [3.8, 4) is 0 Å². The fourth-order valence-electron chi connectivity index (χ4n) is 2.86. The Kier molecular flexibility index (Phi) is 4.11. The van der Waals surface area contributed by atoms with Gasteiger partial charge in [0.15, 0.2) is 0 Å². The molecule has 0 bridgehead atoms.